The number of nitrogens with zero attached hydrogens (tertiary/aromatic N) is 5. The summed E-state index contributed by atoms with van der Waals surface area (Å²) in [5.41, 5.74) is 2.65. The fraction of sp³-hybridized carbons (Fsp3) is 0.409. The summed E-state index contributed by atoms with van der Waals surface area (Å²) in [6, 6.07) is 9.47. The molecule has 1 aliphatic heterocycles. The van der Waals surface area contributed by atoms with Gasteiger partial charge < -0.3 is 9.80 Å². The maximum absolute atomic E-state index is 12.2. The van der Waals surface area contributed by atoms with Crippen LogP contribution in [0.4, 0.5) is 5.82 Å². The molecule has 1 saturated carbocycles. The van der Waals surface area contributed by atoms with E-state index in [4.69, 9.17) is 11.6 Å². The number of amides is 1. The van der Waals surface area contributed by atoms with Crippen molar-refractivity contribution in [2.24, 2.45) is 0 Å². The van der Waals surface area contributed by atoms with E-state index in [1.807, 2.05) is 24.1 Å². The van der Waals surface area contributed by atoms with Crippen LogP contribution in [0.15, 0.2) is 30.5 Å². The van der Waals surface area contributed by atoms with Gasteiger partial charge in [-0.05, 0) is 36.6 Å². The number of aromatic nitrogens is 1. The van der Waals surface area contributed by atoms with Crippen LogP contribution in [-0.2, 0) is 0 Å². The number of carbonyl (C=O) groups is 1. The van der Waals surface area contributed by atoms with Crippen molar-refractivity contribution in [2.75, 3.05) is 45.2 Å². The lowest BCUT2D eigenvalue weighted by Crippen LogP contribution is -2.44. The van der Waals surface area contributed by atoms with Crippen LogP contribution in [0, 0.1) is 11.3 Å². The number of hydrogen-bond acceptors (Lipinski definition) is 6. The molecule has 0 spiro atoms. The number of rotatable bonds is 5. The number of pyridine rings is 1. The van der Waals surface area contributed by atoms with Gasteiger partial charge in [0.15, 0.2) is 0 Å². The Morgan fingerprint density at radius 3 is 2.53 bits per heavy atom. The third-order valence-electron chi connectivity index (χ3n) is 5.29. The van der Waals surface area contributed by atoms with Crippen LogP contribution in [0.1, 0.15) is 28.8 Å². The van der Waals surface area contributed by atoms with E-state index in [-0.39, 0.29) is 5.91 Å². The van der Waals surface area contributed by atoms with Gasteiger partial charge >= 0.3 is 0 Å². The molecular weight excluding hydrogens is 418 g/mol. The Kier molecular flexibility index (Phi) is 6.19. The van der Waals surface area contributed by atoms with Crippen molar-refractivity contribution < 1.29 is 4.79 Å². The number of hydrogen-bond donors (Lipinski definition) is 0. The molecule has 1 aromatic carbocycles. The first-order chi connectivity index (χ1) is 14.5. The lowest BCUT2D eigenvalue weighted by Gasteiger charge is -2.35. The molecule has 6 nitrogen and oxygen atoms in total. The second-order valence-electron chi connectivity index (χ2n) is 7.82. The van der Waals surface area contributed by atoms with E-state index in [2.05, 4.69) is 20.3 Å². The van der Waals surface area contributed by atoms with E-state index in [0.717, 1.165) is 48.4 Å². The molecule has 1 aliphatic carbocycles. The molecule has 2 aliphatic rings. The number of nitriles is 1. The molecule has 1 saturated heterocycles. The smallest absolute Gasteiger partial charge is 0.254 e. The zero-order valence-electron chi connectivity index (χ0n) is 17.1. The number of piperazine rings is 1. The SMILES string of the molecule is CN(C)C(=O)c1ccc(-c2cnc(N3CCN(SC4CC4)CC3)c(C#N)c2)cc1Cl. The van der Waals surface area contributed by atoms with Crippen LogP contribution in [-0.4, -0.2) is 65.6 Å². The highest BCUT2D eigenvalue weighted by Crippen LogP contribution is 2.37. The van der Waals surface area contributed by atoms with Gasteiger partial charge in [-0.2, -0.15) is 5.26 Å². The molecule has 0 unspecified atom stereocenters. The summed E-state index contributed by atoms with van der Waals surface area (Å²) in [7, 11) is 3.39. The van der Waals surface area contributed by atoms with Gasteiger partial charge in [0.1, 0.15) is 11.9 Å². The summed E-state index contributed by atoms with van der Waals surface area (Å²) in [5.74, 6) is 0.597. The minimum atomic E-state index is -0.142. The molecule has 2 fully saturated rings. The number of anilines is 1. The first kappa shape index (κ1) is 21.0. The Bertz CT molecular complexity index is 994. The molecular formula is C22H24ClN5OS. The molecule has 0 N–H and O–H groups in total. The van der Waals surface area contributed by atoms with E-state index in [1.54, 1.807) is 32.4 Å². The van der Waals surface area contributed by atoms with Crippen molar-refractivity contribution in [3.05, 3.63) is 46.6 Å². The van der Waals surface area contributed by atoms with E-state index in [1.165, 1.54) is 17.7 Å². The van der Waals surface area contributed by atoms with Crippen LogP contribution in [0.25, 0.3) is 11.1 Å². The molecule has 0 radical (unpaired) electrons. The molecule has 2 heterocycles. The largest absolute Gasteiger partial charge is 0.353 e. The van der Waals surface area contributed by atoms with Gasteiger partial charge in [0.05, 0.1) is 16.1 Å². The summed E-state index contributed by atoms with van der Waals surface area (Å²) in [5, 5.41) is 10.9. The van der Waals surface area contributed by atoms with Gasteiger partial charge in [-0.25, -0.2) is 9.29 Å². The first-order valence-electron chi connectivity index (χ1n) is 10.0. The summed E-state index contributed by atoms with van der Waals surface area (Å²) in [4.78, 5) is 20.5. The normalized spacial score (nSPS) is 16.9. The minimum absolute atomic E-state index is 0.142. The Labute approximate surface area is 186 Å². The number of halogens is 1. The van der Waals surface area contributed by atoms with Gasteiger partial charge in [-0.15, -0.1) is 0 Å². The Morgan fingerprint density at radius 1 is 1.20 bits per heavy atom. The van der Waals surface area contributed by atoms with Crippen LogP contribution < -0.4 is 4.90 Å². The Morgan fingerprint density at radius 2 is 1.93 bits per heavy atom. The topological polar surface area (TPSA) is 63.5 Å². The summed E-state index contributed by atoms with van der Waals surface area (Å²) in [6.45, 7) is 3.70. The maximum atomic E-state index is 12.2. The molecule has 1 amide bonds. The maximum Gasteiger partial charge on any atom is 0.254 e. The molecule has 30 heavy (non-hydrogen) atoms. The standard InChI is InChI=1S/C22H24ClN5OS/c1-26(2)22(29)19-6-3-15(12-20(19)23)17-11-16(13-24)21(25-14-17)27-7-9-28(10-8-27)30-18-4-5-18/h3,6,11-12,14,18H,4-5,7-10H2,1-2H3. The van der Waals surface area contributed by atoms with Crippen molar-refractivity contribution in [3.63, 3.8) is 0 Å². The van der Waals surface area contributed by atoms with Gasteiger partial charge in [-0.1, -0.05) is 29.6 Å². The Hall–Kier alpha value is -2.27. The van der Waals surface area contributed by atoms with Gasteiger partial charge in [-0.3, -0.25) is 4.79 Å². The third kappa shape index (κ3) is 4.56. The predicted octanol–water partition coefficient (Wildman–Crippen LogP) is 3.91. The Balaban J connectivity index is 1.52. The van der Waals surface area contributed by atoms with Crippen LogP contribution >= 0.6 is 23.5 Å². The highest BCUT2D eigenvalue weighted by Gasteiger charge is 2.28. The van der Waals surface area contributed by atoms with Crippen molar-refractivity contribution in [1.82, 2.24) is 14.2 Å². The highest BCUT2D eigenvalue weighted by molar-refractivity contribution is 7.97. The molecule has 1 aromatic heterocycles. The zero-order valence-corrected chi connectivity index (χ0v) is 18.7. The monoisotopic (exact) mass is 441 g/mol. The molecule has 156 valence electrons. The molecule has 0 atom stereocenters. The van der Waals surface area contributed by atoms with E-state index < -0.39 is 0 Å². The zero-order chi connectivity index (χ0) is 21.3. The molecule has 4 rings (SSSR count). The van der Waals surface area contributed by atoms with Crippen molar-refractivity contribution in [3.8, 4) is 17.2 Å². The van der Waals surface area contributed by atoms with Crippen LogP contribution in [0.5, 0.6) is 0 Å². The van der Waals surface area contributed by atoms with E-state index in [0.29, 0.717) is 16.1 Å². The summed E-state index contributed by atoms with van der Waals surface area (Å²) in [6.07, 6.45) is 4.45. The fourth-order valence-electron chi connectivity index (χ4n) is 3.45. The van der Waals surface area contributed by atoms with Crippen LogP contribution in [0.3, 0.4) is 0 Å². The average molecular weight is 442 g/mol. The fourth-order valence-corrected chi connectivity index (χ4v) is 4.85. The predicted molar refractivity (Wildman–Crippen MR) is 122 cm³/mol. The van der Waals surface area contributed by atoms with Crippen molar-refractivity contribution in [2.45, 2.75) is 18.1 Å². The number of carbonyl (C=O) groups excluding carboxylic acids is 1. The molecule has 0 bridgehead atoms. The van der Waals surface area contributed by atoms with Gasteiger partial charge in [0, 0.05) is 57.3 Å². The second kappa shape index (κ2) is 8.84. The van der Waals surface area contributed by atoms with E-state index in [9.17, 15) is 10.1 Å². The second-order valence-corrected chi connectivity index (χ2v) is 9.62. The molecule has 8 heteroatoms. The average Bonchev–Trinajstić information content (AvgIpc) is 3.57. The van der Waals surface area contributed by atoms with Gasteiger partial charge in [0.25, 0.3) is 5.91 Å². The van der Waals surface area contributed by atoms with Crippen molar-refractivity contribution >= 4 is 35.3 Å². The van der Waals surface area contributed by atoms with Crippen molar-refractivity contribution in [1.29, 1.82) is 5.26 Å². The lowest BCUT2D eigenvalue weighted by atomic mass is 10.0. The minimum Gasteiger partial charge on any atom is -0.353 e. The third-order valence-corrected chi connectivity index (χ3v) is 7.03. The van der Waals surface area contributed by atoms with E-state index >= 15 is 0 Å². The molecule has 2 aromatic rings. The van der Waals surface area contributed by atoms with Gasteiger partial charge in [0.2, 0.25) is 0 Å². The highest BCUT2D eigenvalue weighted by atomic mass is 35.5. The first-order valence-corrected chi connectivity index (χ1v) is 11.3. The lowest BCUT2D eigenvalue weighted by molar-refractivity contribution is 0.0828. The quantitative estimate of drug-likeness (QED) is 0.655. The van der Waals surface area contributed by atoms with Crippen LogP contribution in [0.2, 0.25) is 5.02 Å². The summed E-state index contributed by atoms with van der Waals surface area (Å²) < 4.78 is 2.44. The number of benzene rings is 1. The summed E-state index contributed by atoms with van der Waals surface area (Å²) >= 11 is 8.33.